The Morgan fingerprint density at radius 3 is 1.66 bits per heavy atom. The van der Waals surface area contributed by atoms with E-state index in [4.69, 9.17) is 0 Å². The van der Waals surface area contributed by atoms with Gasteiger partial charge in [0.25, 0.3) is 5.69 Å². The Labute approximate surface area is 340 Å². The van der Waals surface area contributed by atoms with Crippen LogP contribution in [0.15, 0.2) is 176 Å². The lowest BCUT2D eigenvalue weighted by molar-refractivity contribution is -0.384. The molecular formula is C53H31NO2S2. The quantitative estimate of drug-likeness (QED) is 0.0997. The van der Waals surface area contributed by atoms with Crippen LogP contribution in [0.25, 0.3) is 106 Å². The lowest BCUT2D eigenvalue weighted by Gasteiger charge is -2.09. The zero-order chi connectivity index (χ0) is 38.5. The molecule has 2 aromatic heterocycles. The highest BCUT2D eigenvalue weighted by Crippen LogP contribution is 2.44. The smallest absolute Gasteiger partial charge is 0.258 e. The van der Waals surface area contributed by atoms with E-state index in [9.17, 15) is 10.1 Å². The number of thiophene rings is 2. The number of rotatable bonds is 2. The van der Waals surface area contributed by atoms with Crippen molar-refractivity contribution in [3.05, 3.63) is 197 Å². The average Bonchev–Trinajstić information content (AvgIpc) is 3.95. The molecule has 1 aliphatic rings. The molecule has 0 spiro atoms. The Kier molecular flexibility index (Phi) is 7.34. The fourth-order valence-electron chi connectivity index (χ4n) is 9.32. The second-order valence-corrected chi connectivity index (χ2v) is 17.4. The SMILES string of the molecule is O=[N+]([O-])c1ccccc1-c1ccc2c(ccc3cc4sc5ccccc5c4cc32)c1.c1ccc2c(c1)Cc1c-2ccc2c1ccc1cc3sc4ccccc4c3cc12. The van der Waals surface area contributed by atoms with Crippen LogP contribution in [-0.4, -0.2) is 4.92 Å². The Morgan fingerprint density at radius 2 is 0.948 bits per heavy atom. The number of nitro groups is 1. The Bertz CT molecular complexity index is 3710. The van der Waals surface area contributed by atoms with Gasteiger partial charge in [-0.05, 0) is 126 Å². The molecule has 12 aromatic rings. The van der Waals surface area contributed by atoms with Gasteiger partial charge in [0.1, 0.15) is 0 Å². The van der Waals surface area contributed by atoms with Crippen LogP contribution in [-0.2, 0) is 6.42 Å². The van der Waals surface area contributed by atoms with Crippen LogP contribution >= 0.6 is 22.7 Å². The molecule has 0 saturated carbocycles. The van der Waals surface area contributed by atoms with Crippen LogP contribution in [0.1, 0.15) is 11.1 Å². The highest BCUT2D eigenvalue weighted by molar-refractivity contribution is 7.26. The summed E-state index contributed by atoms with van der Waals surface area (Å²) in [6.07, 6.45) is 1.04. The van der Waals surface area contributed by atoms with Crippen molar-refractivity contribution in [1.29, 1.82) is 0 Å². The van der Waals surface area contributed by atoms with E-state index in [-0.39, 0.29) is 10.6 Å². The molecule has 58 heavy (non-hydrogen) atoms. The fourth-order valence-corrected chi connectivity index (χ4v) is 11.6. The average molecular weight is 778 g/mol. The topological polar surface area (TPSA) is 43.1 Å². The predicted octanol–water partition coefficient (Wildman–Crippen LogP) is 15.9. The van der Waals surface area contributed by atoms with Crippen LogP contribution in [0.3, 0.4) is 0 Å². The summed E-state index contributed by atoms with van der Waals surface area (Å²) in [6.45, 7) is 0. The summed E-state index contributed by atoms with van der Waals surface area (Å²) in [5, 5.41) is 26.9. The van der Waals surface area contributed by atoms with E-state index in [1.54, 1.807) is 18.2 Å². The van der Waals surface area contributed by atoms with Crippen molar-refractivity contribution < 1.29 is 4.92 Å². The van der Waals surface area contributed by atoms with Crippen LogP contribution in [0.5, 0.6) is 0 Å². The Morgan fingerprint density at radius 1 is 0.397 bits per heavy atom. The third-order valence-corrected chi connectivity index (χ3v) is 14.3. The van der Waals surface area contributed by atoms with E-state index in [2.05, 4.69) is 140 Å². The number of hydrogen-bond donors (Lipinski definition) is 0. The van der Waals surface area contributed by atoms with Crippen LogP contribution in [0.4, 0.5) is 5.69 Å². The summed E-state index contributed by atoms with van der Waals surface area (Å²) in [5.74, 6) is 0. The normalized spacial score (nSPS) is 12.2. The van der Waals surface area contributed by atoms with Crippen molar-refractivity contribution in [1.82, 2.24) is 0 Å². The van der Waals surface area contributed by atoms with Gasteiger partial charge in [-0.3, -0.25) is 10.1 Å². The lowest BCUT2D eigenvalue weighted by Crippen LogP contribution is -1.91. The third kappa shape index (κ3) is 5.10. The van der Waals surface area contributed by atoms with Gasteiger partial charge in [0.05, 0.1) is 10.5 Å². The molecule has 272 valence electrons. The maximum absolute atomic E-state index is 11.4. The predicted molar refractivity (Wildman–Crippen MR) is 249 cm³/mol. The first kappa shape index (κ1) is 33.2. The molecule has 0 amide bonds. The first-order valence-electron chi connectivity index (χ1n) is 19.5. The number of para-hydroxylation sites is 1. The molecule has 13 rings (SSSR count). The summed E-state index contributed by atoms with van der Waals surface area (Å²) in [6, 6.07) is 62.0. The summed E-state index contributed by atoms with van der Waals surface area (Å²) >= 11 is 3.72. The number of hydrogen-bond acceptors (Lipinski definition) is 4. The third-order valence-electron chi connectivity index (χ3n) is 12.0. The largest absolute Gasteiger partial charge is 0.277 e. The van der Waals surface area contributed by atoms with E-state index >= 15 is 0 Å². The van der Waals surface area contributed by atoms with Crippen molar-refractivity contribution in [2.24, 2.45) is 0 Å². The van der Waals surface area contributed by atoms with E-state index < -0.39 is 0 Å². The van der Waals surface area contributed by atoms with E-state index in [1.807, 2.05) is 40.9 Å². The van der Waals surface area contributed by atoms with Crippen LogP contribution < -0.4 is 0 Å². The minimum absolute atomic E-state index is 0.129. The lowest BCUT2D eigenvalue weighted by atomic mass is 9.94. The molecule has 0 unspecified atom stereocenters. The molecule has 3 nitrogen and oxygen atoms in total. The Hall–Kier alpha value is -6.92. The fraction of sp³-hybridized carbons (Fsp3) is 0.0189. The van der Waals surface area contributed by atoms with Gasteiger partial charge in [-0.1, -0.05) is 121 Å². The van der Waals surface area contributed by atoms with Gasteiger partial charge in [-0.25, -0.2) is 0 Å². The maximum atomic E-state index is 11.4. The van der Waals surface area contributed by atoms with Gasteiger partial charge in [0.15, 0.2) is 0 Å². The Balaban J connectivity index is 0.000000126. The van der Waals surface area contributed by atoms with Gasteiger partial charge in [-0.15, -0.1) is 22.7 Å². The van der Waals surface area contributed by atoms with E-state index in [0.29, 0.717) is 5.56 Å². The monoisotopic (exact) mass is 777 g/mol. The molecule has 2 heterocycles. The highest BCUT2D eigenvalue weighted by Gasteiger charge is 2.21. The minimum Gasteiger partial charge on any atom is -0.258 e. The van der Waals surface area contributed by atoms with Gasteiger partial charge in [0.2, 0.25) is 0 Å². The molecule has 1 aliphatic carbocycles. The van der Waals surface area contributed by atoms with E-state index in [0.717, 1.165) is 22.8 Å². The van der Waals surface area contributed by atoms with Gasteiger partial charge >= 0.3 is 0 Å². The van der Waals surface area contributed by atoms with Crippen molar-refractivity contribution >= 4 is 112 Å². The molecule has 10 aromatic carbocycles. The van der Waals surface area contributed by atoms with Crippen molar-refractivity contribution in [2.75, 3.05) is 0 Å². The molecule has 0 fully saturated rings. The van der Waals surface area contributed by atoms with Crippen LogP contribution in [0, 0.1) is 10.1 Å². The highest BCUT2D eigenvalue weighted by atomic mass is 32.1. The van der Waals surface area contributed by atoms with Gasteiger partial charge in [-0.2, -0.15) is 0 Å². The molecule has 0 aliphatic heterocycles. The standard InChI is InChI=1S/C27H16S.C26H15NO2S/c1-2-6-18-16(5-1)13-24-19(18)11-12-20-21(24)10-9-17-14-27-25(15-23(17)20)22-7-3-4-8-26(22)28-27;28-27(29)24-7-3-1-5-20(24)17-11-12-19-16(13-17)9-10-18-14-26-23(15-22(18)19)21-6-2-4-8-25(21)30-26/h1-12,14-15H,13H2;1-15H. The number of fused-ring (bicyclic) bond motifs is 16. The zero-order valence-corrected chi connectivity index (χ0v) is 32.7. The number of nitro benzene ring substituents is 1. The molecular weight excluding hydrogens is 747 g/mol. The molecule has 0 atom stereocenters. The van der Waals surface area contributed by atoms with Crippen LogP contribution in [0.2, 0.25) is 0 Å². The summed E-state index contributed by atoms with van der Waals surface area (Å²) < 4.78 is 5.33. The second kappa shape index (κ2) is 12.8. The van der Waals surface area contributed by atoms with Gasteiger partial charge < -0.3 is 0 Å². The number of benzene rings is 10. The van der Waals surface area contributed by atoms with Gasteiger partial charge in [0, 0.05) is 46.4 Å². The molecule has 0 saturated heterocycles. The zero-order valence-electron chi connectivity index (χ0n) is 31.0. The second-order valence-electron chi connectivity index (χ2n) is 15.2. The van der Waals surface area contributed by atoms with Crippen molar-refractivity contribution in [3.8, 4) is 22.3 Å². The van der Waals surface area contributed by atoms with Crippen molar-refractivity contribution in [2.45, 2.75) is 6.42 Å². The summed E-state index contributed by atoms with van der Waals surface area (Å²) in [4.78, 5) is 11.1. The molecule has 0 radical (unpaired) electrons. The summed E-state index contributed by atoms with van der Waals surface area (Å²) in [7, 11) is 0. The molecule has 5 heteroatoms. The summed E-state index contributed by atoms with van der Waals surface area (Å²) in [5.41, 5.74) is 7.37. The maximum Gasteiger partial charge on any atom is 0.277 e. The van der Waals surface area contributed by atoms with E-state index in [1.165, 1.54) is 94.9 Å². The van der Waals surface area contributed by atoms with Crippen molar-refractivity contribution in [3.63, 3.8) is 0 Å². The number of nitrogens with zero attached hydrogens (tertiary/aromatic N) is 1. The molecule has 0 bridgehead atoms. The first-order chi connectivity index (χ1) is 28.6. The minimum atomic E-state index is -0.321. The first-order valence-corrected chi connectivity index (χ1v) is 21.1. The molecule has 0 N–H and O–H groups in total.